The second-order valence-electron chi connectivity index (χ2n) is 6.48. The van der Waals surface area contributed by atoms with Crippen molar-refractivity contribution in [1.82, 2.24) is 25.0 Å². The van der Waals surface area contributed by atoms with Crippen molar-refractivity contribution in [3.8, 4) is 11.4 Å². The van der Waals surface area contributed by atoms with Crippen LogP contribution < -0.4 is 10.1 Å². The molecule has 27 heavy (non-hydrogen) atoms. The number of anilines is 1. The summed E-state index contributed by atoms with van der Waals surface area (Å²) >= 11 is 0. The quantitative estimate of drug-likeness (QED) is 0.682. The number of aromatic nitrogens is 5. The third kappa shape index (κ3) is 3.40. The molecule has 1 fully saturated rings. The summed E-state index contributed by atoms with van der Waals surface area (Å²) in [5, 5.41) is 11.6. The first kappa shape index (κ1) is 17.2. The number of carbonyl (C=O) groups is 1. The molecule has 9 heteroatoms. The van der Waals surface area contributed by atoms with Crippen molar-refractivity contribution in [2.75, 3.05) is 19.5 Å². The van der Waals surface area contributed by atoms with Crippen LogP contribution in [0.3, 0.4) is 0 Å². The summed E-state index contributed by atoms with van der Waals surface area (Å²) < 4.78 is 11.7. The molecule has 9 nitrogen and oxygen atoms in total. The molecular formula is C18H20N6O3. The zero-order valence-electron chi connectivity index (χ0n) is 15.1. The minimum atomic E-state index is -0.155. The third-order valence-electron chi connectivity index (χ3n) is 4.81. The van der Waals surface area contributed by atoms with Crippen molar-refractivity contribution in [3.63, 3.8) is 0 Å². The second kappa shape index (κ2) is 7.18. The van der Waals surface area contributed by atoms with Crippen LogP contribution in [-0.2, 0) is 9.53 Å². The zero-order chi connectivity index (χ0) is 18.8. The van der Waals surface area contributed by atoms with Gasteiger partial charge in [-0.1, -0.05) is 5.21 Å². The maximum Gasteiger partial charge on any atom is 0.308 e. The van der Waals surface area contributed by atoms with Gasteiger partial charge in [0.25, 0.3) is 0 Å². The fourth-order valence-electron chi connectivity index (χ4n) is 3.37. The topological polar surface area (TPSA) is 104 Å². The van der Waals surface area contributed by atoms with E-state index in [4.69, 9.17) is 9.47 Å². The lowest BCUT2D eigenvalue weighted by Gasteiger charge is -2.12. The number of benzene rings is 1. The summed E-state index contributed by atoms with van der Waals surface area (Å²) in [7, 11) is 3.05. The molecule has 2 aromatic heterocycles. The molecule has 2 heterocycles. The molecule has 0 amide bonds. The number of ether oxygens (including phenoxy) is 2. The highest BCUT2D eigenvalue weighted by molar-refractivity contribution is 5.73. The number of nitrogens with zero attached hydrogens (tertiary/aromatic N) is 5. The molecule has 0 aliphatic heterocycles. The van der Waals surface area contributed by atoms with Gasteiger partial charge < -0.3 is 14.8 Å². The van der Waals surface area contributed by atoms with Crippen LogP contribution in [0.5, 0.6) is 5.75 Å². The van der Waals surface area contributed by atoms with Crippen molar-refractivity contribution in [1.29, 1.82) is 0 Å². The van der Waals surface area contributed by atoms with Gasteiger partial charge in [0.2, 0.25) is 5.95 Å². The summed E-state index contributed by atoms with van der Waals surface area (Å²) in [4.78, 5) is 20.6. The van der Waals surface area contributed by atoms with E-state index < -0.39 is 0 Å². The van der Waals surface area contributed by atoms with Gasteiger partial charge in [-0.15, -0.1) is 5.10 Å². The highest BCUT2D eigenvalue weighted by Crippen LogP contribution is 2.28. The first-order valence-corrected chi connectivity index (χ1v) is 8.75. The standard InChI is InChI=1S/C18H20N6O3/c1-26-14-7-5-13(6-8-14)24-16-15(22-23-24)10-19-18(21-16)20-12-4-3-11(9-12)17(25)27-2/h5-8,10-12H,3-4,9H2,1-2H3,(H,19,20,21)/t11-,12-/m0/s1. The molecule has 0 radical (unpaired) electrons. The minimum absolute atomic E-state index is 0.0669. The van der Waals surface area contributed by atoms with Crippen LogP contribution in [0.15, 0.2) is 30.5 Å². The lowest BCUT2D eigenvalue weighted by atomic mass is 10.1. The molecule has 1 aliphatic rings. The van der Waals surface area contributed by atoms with Gasteiger partial charge in [-0.05, 0) is 43.5 Å². The zero-order valence-corrected chi connectivity index (χ0v) is 15.1. The summed E-state index contributed by atoms with van der Waals surface area (Å²) in [6, 6.07) is 7.63. The number of rotatable bonds is 5. The van der Waals surface area contributed by atoms with E-state index in [1.54, 1.807) is 18.0 Å². The SMILES string of the molecule is COC(=O)[C@H]1CC[C@H](Nc2ncc3nnn(-c4ccc(OC)cc4)c3n2)C1. The Balaban J connectivity index is 1.56. The monoisotopic (exact) mass is 368 g/mol. The molecule has 0 bridgehead atoms. The van der Waals surface area contributed by atoms with Crippen molar-refractivity contribution in [2.45, 2.75) is 25.3 Å². The molecule has 140 valence electrons. The molecular weight excluding hydrogens is 348 g/mol. The van der Waals surface area contributed by atoms with E-state index in [1.807, 2.05) is 24.3 Å². The average Bonchev–Trinajstić information content (AvgIpc) is 3.34. The summed E-state index contributed by atoms with van der Waals surface area (Å²) in [6.45, 7) is 0. The van der Waals surface area contributed by atoms with Gasteiger partial charge in [0.05, 0.1) is 32.0 Å². The maximum absolute atomic E-state index is 11.7. The Kier molecular flexibility index (Phi) is 4.57. The molecule has 0 spiro atoms. The number of hydrogen-bond acceptors (Lipinski definition) is 8. The van der Waals surface area contributed by atoms with Crippen molar-refractivity contribution >= 4 is 23.1 Å². The number of esters is 1. The van der Waals surface area contributed by atoms with Gasteiger partial charge >= 0.3 is 5.97 Å². The van der Waals surface area contributed by atoms with Gasteiger partial charge in [-0.2, -0.15) is 9.67 Å². The van der Waals surface area contributed by atoms with E-state index in [-0.39, 0.29) is 17.9 Å². The lowest BCUT2D eigenvalue weighted by molar-refractivity contribution is -0.145. The Morgan fingerprint density at radius 2 is 2.04 bits per heavy atom. The maximum atomic E-state index is 11.7. The molecule has 4 rings (SSSR count). The normalized spacial score (nSPS) is 19.2. The van der Waals surface area contributed by atoms with Crippen LogP contribution in [0.2, 0.25) is 0 Å². The molecule has 1 aliphatic carbocycles. The van der Waals surface area contributed by atoms with Gasteiger partial charge in [0.1, 0.15) is 5.75 Å². The van der Waals surface area contributed by atoms with Crippen LogP contribution in [0.25, 0.3) is 16.9 Å². The van der Waals surface area contributed by atoms with Crippen LogP contribution in [0.4, 0.5) is 5.95 Å². The second-order valence-corrected chi connectivity index (χ2v) is 6.48. The van der Waals surface area contributed by atoms with Crippen LogP contribution in [0.1, 0.15) is 19.3 Å². The first-order valence-electron chi connectivity index (χ1n) is 8.75. The van der Waals surface area contributed by atoms with Gasteiger partial charge in [0.15, 0.2) is 11.2 Å². The highest BCUT2D eigenvalue weighted by atomic mass is 16.5. The third-order valence-corrected chi connectivity index (χ3v) is 4.81. The van der Waals surface area contributed by atoms with Gasteiger partial charge in [-0.25, -0.2) is 4.98 Å². The van der Waals surface area contributed by atoms with E-state index in [0.717, 1.165) is 24.3 Å². The lowest BCUT2D eigenvalue weighted by Crippen LogP contribution is -2.20. The molecule has 2 atom stereocenters. The Bertz CT molecular complexity index is 955. The Morgan fingerprint density at radius 3 is 2.78 bits per heavy atom. The van der Waals surface area contributed by atoms with Crippen molar-refractivity contribution < 1.29 is 14.3 Å². The van der Waals surface area contributed by atoms with Crippen LogP contribution >= 0.6 is 0 Å². The predicted molar refractivity (Wildman–Crippen MR) is 97.8 cm³/mol. The number of methoxy groups -OCH3 is 2. The van der Waals surface area contributed by atoms with E-state index in [2.05, 4.69) is 25.6 Å². The molecule has 1 N–H and O–H groups in total. The van der Waals surface area contributed by atoms with E-state index in [0.29, 0.717) is 23.5 Å². The van der Waals surface area contributed by atoms with Gasteiger partial charge in [0, 0.05) is 6.04 Å². The Labute approximate surface area is 155 Å². The largest absolute Gasteiger partial charge is 0.497 e. The Morgan fingerprint density at radius 1 is 1.22 bits per heavy atom. The minimum Gasteiger partial charge on any atom is -0.497 e. The molecule has 3 aromatic rings. The van der Waals surface area contributed by atoms with Crippen LogP contribution in [-0.4, -0.2) is 51.2 Å². The molecule has 1 aromatic carbocycles. The summed E-state index contributed by atoms with van der Waals surface area (Å²) in [5.74, 6) is 1.04. The smallest absolute Gasteiger partial charge is 0.308 e. The predicted octanol–water partition coefficient (Wildman–Crippen LogP) is 1.97. The fourth-order valence-corrected chi connectivity index (χ4v) is 3.37. The van der Waals surface area contributed by atoms with Crippen molar-refractivity contribution in [2.24, 2.45) is 5.92 Å². The molecule has 0 saturated heterocycles. The van der Waals surface area contributed by atoms with E-state index in [9.17, 15) is 4.79 Å². The Hall–Kier alpha value is -3.23. The number of nitrogens with one attached hydrogen (secondary N) is 1. The van der Waals surface area contributed by atoms with E-state index in [1.165, 1.54) is 7.11 Å². The highest BCUT2D eigenvalue weighted by Gasteiger charge is 2.31. The average molecular weight is 368 g/mol. The van der Waals surface area contributed by atoms with Crippen molar-refractivity contribution in [3.05, 3.63) is 30.5 Å². The first-order chi connectivity index (χ1) is 13.2. The summed E-state index contributed by atoms with van der Waals surface area (Å²) in [6.07, 6.45) is 4.03. The number of fused-ring (bicyclic) bond motifs is 1. The van der Waals surface area contributed by atoms with Gasteiger partial charge in [-0.3, -0.25) is 4.79 Å². The van der Waals surface area contributed by atoms with Crippen LogP contribution in [0, 0.1) is 5.92 Å². The molecule has 1 saturated carbocycles. The fraction of sp³-hybridized carbons (Fsp3) is 0.389. The summed E-state index contributed by atoms with van der Waals surface area (Å²) in [5.41, 5.74) is 2.05. The number of hydrogen-bond donors (Lipinski definition) is 1. The molecule has 0 unspecified atom stereocenters. The number of carbonyl (C=O) groups excluding carboxylic acids is 1. The van der Waals surface area contributed by atoms with E-state index >= 15 is 0 Å².